The van der Waals surface area contributed by atoms with Gasteiger partial charge in [-0.05, 0) is 19.1 Å². The van der Waals surface area contributed by atoms with Crippen LogP contribution in [0.4, 0.5) is 0 Å². The molecule has 0 aliphatic carbocycles. The first-order chi connectivity index (χ1) is 9.80. The van der Waals surface area contributed by atoms with Crippen molar-refractivity contribution in [2.24, 2.45) is 12.2 Å². The van der Waals surface area contributed by atoms with Gasteiger partial charge in [0.05, 0.1) is 17.0 Å². The second-order valence-electron chi connectivity index (χ2n) is 6.00. The molecule has 0 saturated carbocycles. The molecule has 0 fully saturated rings. The van der Waals surface area contributed by atoms with Gasteiger partial charge in [-0.2, -0.15) is 5.10 Å². The monoisotopic (exact) mass is 287 g/mol. The largest absolute Gasteiger partial charge is 0.493 e. The number of rotatable bonds is 3. The van der Waals surface area contributed by atoms with Gasteiger partial charge in [0.1, 0.15) is 0 Å². The molecule has 0 bridgehead atoms. The van der Waals surface area contributed by atoms with Crippen LogP contribution in [0.3, 0.4) is 0 Å². The summed E-state index contributed by atoms with van der Waals surface area (Å²) < 4.78 is 1.46. The van der Waals surface area contributed by atoms with E-state index in [0.29, 0.717) is 17.0 Å². The van der Waals surface area contributed by atoms with E-state index in [1.807, 2.05) is 51.1 Å². The Morgan fingerprint density at radius 1 is 1.24 bits per heavy atom. The minimum atomic E-state index is -0.197. The molecule has 5 nitrogen and oxygen atoms in total. The van der Waals surface area contributed by atoms with Crippen LogP contribution in [0.2, 0.25) is 0 Å². The fraction of sp³-hybridized carbons (Fsp3) is 0.375. The number of hydrogen-bond donors (Lipinski definition) is 1. The summed E-state index contributed by atoms with van der Waals surface area (Å²) in [5.41, 5.74) is 1.81. The zero-order valence-electron chi connectivity index (χ0n) is 13.1. The van der Waals surface area contributed by atoms with Gasteiger partial charge in [-0.25, -0.2) is 4.68 Å². The van der Waals surface area contributed by atoms with Gasteiger partial charge in [0, 0.05) is 12.5 Å². The van der Waals surface area contributed by atoms with Crippen LogP contribution in [0.25, 0.3) is 0 Å². The molecule has 112 valence electrons. The highest BCUT2D eigenvalue weighted by atomic mass is 16.6. The van der Waals surface area contributed by atoms with Crippen LogP contribution in [-0.4, -0.2) is 20.6 Å². The number of aromatic hydroxyl groups is 1. The van der Waals surface area contributed by atoms with Gasteiger partial charge < -0.3 is 9.94 Å². The molecule has 0 saturated heterocycles. The van der Waals surface area contributed by atoms with Crippen molar-refractivity contribution in [2.75, 3.05) is 0 Å². The summed E-state index contributed by atoms with van der Waals surface area (Å²) in [4.78, 5) is 5.39. The fourth-order valence-electron chi connectivity index (χ4n) is 2.02. The summed E-state index contributed by atoms with van der Waals surface area (Å²) in [5, 5.41) is 18.7. The third-order valence-electron chi connectivity index (χ3n) is 3.12. The van der Waals surface area contributed by atoms with E-state index in [9.17, 15) is 5.11 Å². The first-order valence-electron chi connectivity index (χ1n) is 6.84. The Labute approximate surface area is 124 Å². The van der Waals surface area contributed by atoms with Crippen molar-refractivity contribution in [2.45, 2.75) is 33.1 Å². The maximum absolute atomic E-state index is 10.2. The smallest absolute Gasteiger partial charge is 0.218 e. The maximum Gasteiger partial charge on any atom is 0.218 e. The number of para-hydroxylation sites is 1. The summed E-state index contributed by atoms with van der Waals surface area (Å²) >= 11 is 0. The van der Waals surface area contributed by atoms with Gasteiger partial charge >= 0.3 is 0 Å². The van der Waals surface area contributed by atoms with Crippen molar-refractivity contribution < 1.29 is 9.94 Å². The molecule has 2 rings (SSSR count). The van der Waals surface area contributed by atoms with Crippen LogP contribution in [0.5, 0.6) is 11.6 Å². The molecule has 0 radical (unpaired) electrons. The molecule has 2 aromatic rings. The Kier molecular flexibility index (Phi) is 4.02. The average Bonchev–Trinajstić information content (AvgIpc) is 2.74. The molecule has 0 spiro atoms. The molecular formula is C16H21N3O2. The molecule has 21 heavy (non-hydrogen) atoms. The number of aromatic nitrogens is 2. The van der Waals surface area contributed by atoms with E-state index < -0.39 is 0 Å². The van der Waals surface area contributed by atoms with Gasteiger partial charge in [-0.3, -0.25) is 0 Å². The number of nitrogens with zero attached hydrogens (tertiary/aromatic N) is 3. The van der Waals surface area contributed by atoms with Gasteiger partial charge in [0.2, 0.25) is 5.88 Å². The number of hydrogen-bond acceptors (Lipinski definition) is 4. The van der Waals surface area contributed by atoms with Crippen LogP contribution in [0.15, 0.2) is 35.5 Å². The second-order valence-corrected chi connectivity index (χ2v) is 6.00. The van der Waals surface area contributed by atoms with Crippen LogP contribution < -0.4 is 4.84 Å². The van der Waals surface area contributed by atoms with Gasteiger partial charge in [0.25, 0.3) is 0 Å². The molecular weight excluding hydrogens is 266 g/mol. The Morgan fingerprint density at radius 2 is 1.86 bits per heavy atom. The molecule has 1 aromatic heterocycles. The van der Waals surface area contributed by atoms with Crippen molar-refractivity contribution in [3.05, 3.63) is 41.6 Å². The first-order valence-corrected chi connectivity index (χ1v) is 6.84. The molecule has 0 amide bonds. The lowest BCUT2D eigenvalue weighted by atomic mass is 9.88. The van der Waals surface area contributed by atoms with E-state index >= 15 is 0 Å². The minimum absolute atomic E-state index is 0.0952. The van der Waals surface area contributed by atoms with Gasteiger partial charge in [-0.15, -0.1) is 0 Å². The molecule has 0 aliphatic rings. The van der Waals surface area contributed by atoms with Crippen molar-refractivity contribution in [1.29, 1.82) is 0 Å². The van der Waals surface area contributed by atoms with Crippen molar-refractivity contribution >= 4 is 5.71 Å². The lowest BCUT2D eigenvalue weighted by Crippen LogP contribution is -2.16. The van der Waals surface area contributed by atoms with Crippen LogP contribution in [0, 0.1) is 0 Å². The minimum Gasteiger partial charge on any atom is -0.493 e. The maximum atomic E-state index is 10.2. The van der Waals surface area contributed by atoms with Crippen LogP contribution in [-0.2, 0) is 12.5 Å². The normalized spacial score (nSPS) is 12.5. The molecule has 1 aromatic carbocycles. The fourth-order valence-corrected chi connectivity index (χ4v) is 2.02. The standard InChI is InChI=1S/C16H21N3O2/c1-11(18-21-12-9-7-6-8-10-12)13-14(16(2,3)4)17-19(5)15(13)20/h6-10,20H,1-5H3/b18-11-. The second kappa shape index (κ2) is 5.60. The summed E-state index contributed by atoms with van der Waals surface area (Å²) in [6, 6.07) is 9.31. The summed E-state index contributed by atoms with van der Waals surface area (Å²) in [5.74, 6) is 0.746. The zero-order chi connectivity index (χ0) is 15.6. The first kappa shape index (κ1) is 15.1. The van der Waals surface area contributed by atoms with Gasteiger partial charge in [0.15, 0.2) is 5.75 Å². The zero-order valence-corrected chi connectivity index (χ0v) is 13.1. The van der Waals surface area contributed by atoms with E-state index in [0.717, 1.165) is 5.69 Å². The van der Waals surface area contributed by atoms with E-state index in [1.54, 1.807) is 14.0 Å². The van der Waals surface area contributed by atoms with Crippen LogP contribution >= 0.6 is 0 Å². The highest BCUT2D eigenvalue weighted by Gasteiger charge is 2.27. The van der Waals surface area contributed by atoms with Crippen LogP contribution in [0.1, 0.15) is 39.0 Å². The molecule has 0 atom stereocenters. The van der Waals surface area contributed by atoms with E-state index in [4.69, 9.17) is 4.84 Å². The predicted octanol–water partition coefficient (Wildman–Crippen LogP) is 3.23. The molecule has 1 N–H and O–H groups in total. The van der Waals surface area contributed by atoms with E-state index in [2.05, 4.69) is 10.3 Å². The summed E-state index contributed by atoms with van der Waals surface area (Å²) in [7, 11) is 1.71. The Hall–Kier alpha value is -2.30. The highest BCUT2D eigenvalue weighted by molar-refractivity contribution is 6.01. The third kappa shape index (κ3) is 3.24. The molecule has 5 heteroatoms. The quantitative estimate of drug-likeness (QED) is 0.696. The lowest BCUT2D eigenvalue weighted by Gasteiger charge is -2.17. The predicted molar refractivity (Wildman–Crippen MR) is 82.9 cm³/mol. The summed E-state index contributed by atoms with van der Waals surface area (Å²) in [6.45, 7) is 7.94. The number of benzene rings is 1. The average molecular weight is 287 g/mol. The Morgan fingerprint density at radius 3 is 2.43 bits per heavy atom. The van der Waals surface area contributed by atoms with E-state index in [-0.39, 0.29) is 11.3 Å². The topological polar surface area (TPSA) is 59.6 Å². The molecule has 1 heterocycles. The number of aryl methyl sites for hydroxylation is 1. The van der Waals surface area contributed by atoms with E-state index in [1.165, 1.54) is 4.68 Å². The Balaban J connectivity index is 2.37. The highest BCUT2D eigenvalue weighted by Crippen LogP contribution is 2.31. The van der Waals surface area contributed by atoms with Crippen molar-refractivity contribution in [3.63, 3.8) is 0 Å². The lowest BCUT2D eigenvalue weighted by molar-refractivity contribution is 0.340. The molecule has 0 aliphatic heterocycles. The third-order valence-corrected chi connectivity index (χ3v) is 3.12. The van der Waals surface area contributed by atoms with Crippen molar-refractivity contribution in [1.82, 2.24) is 9.78 Å². The van der Waals surface area contributed by atoms with Crippen molar-refractivity contribution in [3.8, 4) is 11.6 Å². The van der Waals surface area contributed by atoms with Gasteiger partial charge in [-0.1, -0.05) is 44.1 Å². The SMILES string of the molecule is C/C(=N/Oc1ccccc1)c1c(C(C)(C)C)nn(C)c1O. The number of oxime groups is 1. The Bertz CT molecular complexity index is 652. The molecule has 0 unspecified atom stereocenters. The summed E-state index contributed by atoms with van der Waals surface area (Å²) in [6.07, 6.45) is 0.